The zero-order valence-electron chi connectivity index (χ0n) is 12.6. The van der Waals surface area contributed by atoms with E-state index >= 15 is 0 Å². The molecular weight excluding hydrogens is 242 g/mol. The zero-order valence-corrected chi connectivity index (χ0v) is 12.6. The van der Waals surface area contributed by atoms with E-state index in [2.05, 4.69) is 15.6 Å². The van der Waals surface area contributed by atoms with E-state index in [1.807, 2.05) is 14.0 Å². The normalized spacial score (nSPS) is 17.3. The van der Waals surface area contributed by atoms with Crippen molar-refractivity contribution in [2.75, 3.05) is 47.1 Å². The van der Waals surface area contributed by atoms with E-state index in [0.717, 1.165) is 51.7 Å². The van der Waals surface area contributed by atoms with Crippen molar-refractivity contribution >= 4 is 5.96 Å². The molecule has 0 radical (unpaired) electrons. The number of methoxy groups -OCH3 is 1. The van der Waals surface area contributed by atoms with Crippen molar-refractivity contribution in [1.82, 2.24) is 10.6 Å². The number of hydrogen-bond acceptors (Lipinski definition) is 3. The molecule has 1 aliphatic carbocycles. The molecule has 0 saturated heterocycles. The molecule has 5 heteroatoms. The predicted octanol–water partition coefficient (Wildman–Crippen LogP) is 1.39. The average Bonchev–Trinajstić information content (AvgIpc) is 3.19. The Morgan fingerprint density at radius 2 is 2.05 bits per heavy atom. The third kappa shape index (κ3) is 6.78. The Balaban J connectivity index is 2.14. The quantitative estimate of drug-likeness (QED) is 0.358. The van der Waals surface area contributed by atoms with Crippen molar-refractivity contribution in [3.05, 3.63) is 0 Å². The second-order valence-electron chi connectivity index (χ2n) is 5.15. The van der Waals surface area contributed by atoms with Crippen molar-refractivity contribution in [3.8, 4) is 0 Å². The summed E-state index contributed by atoms with van der Waals surface area (Å²) in [6.07, 6.45) is 4.74. The molecule has 1 saturated carbocycles. The summed E-state index contributed by atoms with van der Waals surface area (Å²) in [5.74, 6) is 0.888. The smallest absolute Gasteiger partial charge is 0.190 e. The average molecular weight is 271 g/mol. The van der Waals surface area contributed by atoms with Crippen LogP contribution in [-0.4, -0.2) is 53.0 Å². The van der Waals surface area contributed by atoms with Gasteiger partial charge in [-0.3, -0.25) is 4.99 Å². The lowest BCUT2D eigenvalue weighted by Crippen LogP contribution is -2.41. The molecule has 0 amide bonds. The molecule has 1 fully saturated rings. The van der Waals surface area contributed by atoms with Gasteiger partial charge in [-0.25, -0.2) is 0 Å². The van der Waals surface area contributed by atoms with Crippen LogP contribution in [0.2, 0.25) is 0 Å². The molecule has 0 heterocycles. The first kappa shape index (κ1) is 16.2. The van der Waals surface area contributed by atoms with Gasteiger partial charge in [0, 0.05) is 47.1 Å². The molecule has 0 aliphatic heterocycles. The van der Waals surface area contributed by atoms with Crippen LogP contribution in [0.4, 0.5) is 0 Å². The van der Waals surface area contributed by atoms with E-state index in [-0.39, 0.29) is 0 Å². The van der Waals surface area contributed by atoms with Crippen molar-refractivity contribution < 1.29 is 9.47 Å². The molecule has 19 heavy (non-hydrogen) atoms. The summed E-state index contributed by atoms with van der Waals surface area (Å²) in [6.45, 7) is 6.39. The minimum atomic E-state index is 0.444. The van der Waals surface area contributed by atoms with Gasteiger partial charge in [-0.1, -0.05) is 0 Å². The third-order valence-electron chi connectivity index (χ3n) is 3.61. The van der Waals surface area contributed by atoms with E-state index in [1.54, 1.807) is 7.11 Å². The second kappa shape index (κ2) is 9.15. The molecule has 112 valence electrons. The van der Waals surface area contributed by atoms with Crippen molar-refractivity contribution in [1.29, 1.82) is 0 Å². The summed E-state index contributed by atoms with van der Waals surface area (Å²) < 4.78 is 10.5. The van der Waals surface area contributed by atoms with Crippen LogP contribution in [0.15, 0.2) is 4.99 Å². The molecule has 0 aromatic carbocycles. The van der Waals surface area contributed by atoms with E-state index in [4.69, 9.17) is 9.47 Å². The molecule has 0 unspecified atom stereocenters. The van der Waals surface area contributed by atoms with E-state index in [9.17, 15) is 0 Å². The van der Waals surface area contributed by atoms with Gasteiger partial charge in [0.1, 0.15) is 0 Å². The lowest BCUT2D eigenvalue weighted by molar-refractivity contribution is 0.128. The monoisotopic (exact) mass is 271 g/mol. The molecule has 0 aromatic heterocycles. The summed E-state index contributed by atoms with van der Waals surface area (Å²) >= 11 is 0. The van der Waals surface area contributed by atoms with Gasteiger partial charge in [-0.2, -0.15) is 0 Å². The zero-order chi connectivity index (χ0) is 14.0. The van der Waals surface area contributed by atoms with Gasteiger partial charge in [0.05, 0.1) is 0 Å². The van der Waals surface area contributed by atoms with Crippen LogP contribution in [0, 0.1) is 5.41 Å². The summed E-state index contributed by atoms with van der Waals surface area (Å²) in [4.78, 5) is 4.24. The van der Waals surface area contributed by atoms with Crippen molar-refractivity contribution in [2.45, 2.75) is 32.6 Å². The highest BCUT2D eigenvalue weighted by atomic mass is 16.5. The Morgan fingerprint density at radius 1 is 1.26 bits per heavy atom. The van der Waals surface area contributed by atoms with Gasteiger partial charge in [0.15, 0.2) is 5.96 Å². The van der Waals surface area contributed by atoms with Crippen molar-refractivity contribution in [3.63, 3.8) is 0 Å². The highest BCUT2D eigenvalue weighted by Gasteiger charge is 2.41. The number of guanidine groups is 1. The number of aliphatic imine (C=N–C) groups is 1. The fourth-order valence-electron chi connectivity index (χ4n) is 2.04. The van der Waals surface area contributed by atoms with Crippen LogP contribution in [-0.2, 0) is 9.47 Å². The number of hydrogen-bond donors (Lipinski definition) is 2. The highest BCUT2D eigenvalue weighted by molar-refractivity contribution is 5.79. The van der Waals surface area contributed by atoms with Gasteiger partial charge in [-0.05, 0) is 38.0 Å². The molecule has 0 atom stereocenters. The standard InChI is InChI=1S/C14H29N3O2/c1-4-19-11-8-14(6-7-14)12-17-13(15-2)16-9-5-10-18-3/h4-12H2,1-3H3,(H2,15,16,17). The van der Waals surface area contributed by atoms with Crippen LogP contribution < -0.4 is 10.6 Å². The molecule has 0 bridgehead atoms. The first-order valence-electron chi connectivity index (χ1n) is 7.27. The first-order chi connectivity index (χ1) is 9.26. The molecule has 1 aliphatic rings. The highest BCUT2D eigenvalue weighted by Crippen LogP contribution is 2.48. The molecule has 0 spiro atoms. The van der Waals surface area contributed by atoms with E-state index in [0.29, 0.717) is 5.41 Å². The maximum absolute atomic E-state index is 5.45. The number of nitrogens with zero attached hydrogens (tertiary/aromatic N) is 1. The fraction of sp³-hybridized carbons (Fsp3) is 0.929. The summed E-state index contributed by atoms with van der Waals surface area (Å²) in [5.41, 5.74) is 0.444. The van der Waals surface area contributed by atoms with Crippen molar-refractivity contribution in [2.24, 2.45) is 10.4 Å². The minimum Gasteiger partial charge on any atom is -0.385 e. The lowest BCUT2D eigenvalue weighted by atomic mass is 10.0. The van der Waals surface area contributed by atoms with Crippen LogP contribution in [0.1, 0.15) is 32.6 Å². The van der Waals surface area contributed by atoms with Crippen LogP contribution in [0.5, 0.6) is 0 Å². The molecule has 5 nitrogen and oxygen atoms in total. The fourth-order valence-corrected chi connectivity index (χ4v) is 2.04. The molecule has 2 N–H and O–H groups in total. The lowest BCUT2D eigenvalue weighted by Gasteiger charge is -2.18. The third-order valence-corrected chi connectivity index (χ3v) is 3.61. The Bertz CT molecular complexity index is 265. The van der Waals surface area contributed by atoms with Crippen LogP contribution >= 0.6 is 0 Å². The predicted molar refractivity (Wildman–Crippen MR) is 78.6 cm³/mol. The van der Waals surface area contributed by atoms with Gasteiger partial charge in [-0.15, -0.1) is 0 Å². The maximum Gasteiger partial charge on any atom is 0.190 e. The molecule has 1 rings (SSSR count). The Labute approximate surface area is 117 Å². The summed E-state index contributed by atoms with van der Waals surface area (Å²) in [5, 5.41) is 6.72. The number of nitrogens with one attached hydrogen (secondary N) is 2. The molecular formula is C14H29N3O2. The molecule has 0 aromatic rings. The van der Waals surface area contributed by atoms with E-state index in [1.165, 1.54) is 12.8 Å². The SMILES string of the molecule is CCOCCC1(CNC(=NC)NCCCOC)CC1. The second-order valence-corrected chi connectivity index (χ2v) is 5.15. The maximum atomic E-state index is 5.45. The minimum absolute atomic E-state index is 0.444. The van der Waals surface area contributed by atoms with Gasteiger partial charge >= 0.3 is 0 Å². The summed E-state index contributed by atoms with van der Waals surface area (Å²) in [6, 6.07) is 0. The Morgan fingerprint density at radius 3 is 2.63 bits per heavy atom. The van der Waals surface area contributed by atoms with E-state index < -0.39 is 0 Å². The van der Waals surface area contributed by atoms with Crippen LogP contribution in [0.3, 0.4) is 0 Å². The Kier molecular flexibility index (Phi) is 7.82. The largest absolute Gasteiger partial charge is 0.385 e. The van der Waals surface area contributed by atoms with Gasteiger partial charge < -0.3 is 20.1 Å². The number of ether oxygens (including phenoxy) is 2. The first-order valence-corrected chi connectivity index (χ1v) is 7.27. The van der Waals surface area contributed by atoms with Gasteiger partial charge in [0.2, 0.25) is 0 Å². The van der Waals surface area contributed by atoms with Crippen LogP contribution in [0.25, 0.3) is 0 Å². The van der Waals surface area contributed by atoms with Gasteiger partial charge in [0.25, 0.3) is 0 Å². The topological polar surface area (TPSA) is 54.9 Å². The Hall–Kier alpha value is -0.810. The summed E-state index contributed by atoms with van der Waals surface area (Å²) in [7, 11) is 3.54. The number of rotatable bonds is 10.